The van der Waals surface area contributed by atoms with Gasteiger partial charge in [-0.1, -0.05) is 26.7 Å². The number of carbonyl (C=O) groups excluding carboxylic acids is 1. The van der Waals surface area contributed by atoms with E-state index in [1.54, 1.807) is 24.3 Å². The maximum absolute atomic E-state index is 11.9. The summed E-state index contributed by atoms with van der Waals surface area (Å²) in [6.45, 7) is 13.9. The lowest BCUT2D eigenvalue weighted by atomic mass is 9.91. The summed E-state index contributed by atoms with van der Waals surface area (Å²) < 4.78 is 0. The third-order valence-electron chi connectivity index (χ3n) is 2.79. The minimum absolute atomic E-state index is 0.0661. The molecule has 0 fully saturated rings. The molecule has 1 amide bonds. The fraction of sp³-hybridized carbons (Fsp3) is 0.412. The number of nitrogens with one attached hydrogen (secondary N) is 1. The Morgan fingerprint density at radius 3 is 2.50 bits per heavy atom. The fourth-order valence-electron chi connectivity index (χ4n) is 1.72. The van der Waals surface area contributed by atoms with E-state index in [4.69, 9.17) is 6.57 Å². The van der Waals surface area contributed by atoms with Crippen LogP contribution in [0, 0.1) is 24.0 Å². The first kappa shape index (κ1) is 15.8. The molecule has 0 aromatic heterocycles. The first-order valence-corrected chi connectivity index (χ1v) is 6.68. The summed E-state index contributed by atoms with van der Waals surface area (Å²) in [5, 5.41) is 2.91. The van der Waals surface area contributed by atoms with Crippen LogP contribution in [0.2, 0.25) is 0 Å². The molecule has 0 spiro atoms. The van der Waals surface area contributed by atoms with E-state index in [1.165, 1.54) is 0 Å². The molecule has 3 nitrogen and oxygen atoms in total. The zero-order valence-electron chi connectivity index (χ0n) is 12.3. The first-order chi connectivity index (χ1) is 9.42. The van der Waals surface area contributed by atoms with Gasteiger partial charge in [0.05, 0.1) is 0 Å². The Hall–Kier alpha value is -2.26. The van der Waals surface area contributed by atoms with Crippen LogP contribution < -0.4 is 5.32 Å². The topological polar surface area (TPSA) is 33.5 Å². The molecule has 1 rings (SSSR count). The number of hydrogen-bond donors (Lipinski definition) is 1. The monoisotopic (exact) mass is 268 g/mol. The van der Waals surface area contributed by atoms with E-state index in [9.17, 15) is 4.79 Å². The highest BCUT2D eigenvalue weighted by Gasteiger charge is 2.10. The van der Waals surface area contributed by atoms with Gasteiger partial charge in [-0.05, 0) is 42.5 Å². The predicted octanol–water partition coefficient (Wildman–Crippen LogP) is 3.47. The minimum atomic E-state index is -0.0661. The Kier molecular flexibility index (Phi) is 5.81. The molecule has 0 aliphatic carbocycles. The van der Waals surface area contributed by atoms with Gasteiger partial charge in [0.15, 0.2) is 0 Å². The van der Waals surface area contributed by atoms with E-state index in [1.807, 2.05) is 0 Å². The van der Waals surface area contributed by atoms with Crippen molar-refractivity contribution in [2.45, 2.75) is 33.6 Å². The number of nitrogens with zero attached hydrogens (tertiary/aromatic N) is 1. The minimum Gasteiger partial charge on any atom is -0.352 e. The lowest BCUT2D eigenvalue weighted by molar-refractivity contribution is 0.0951. The van der Waals surface area contributed by atoms with Crippen molar-refractivity contribution in [3.05, 3.63) is 46.8 Å². The normalized spacial score (nSPS) is 10.1. The van der Waals surface area contributed by atoms with Gasteiger partial charge in [-0.2, -0.15) is 4.85 Å². The predicted molar refractivity (Wildman–Crippen MR) is 80.9 cm³/mol. The molecule has 0 saturated carbocycles. The van der Waals surface area contributed by atoms with Crippen molar-refractivity contribution in [1.82, 2.24) is 5.32 Å². The Morgan fingerprint density at radius 2 is 1.95 bits per heavy atom. The molecule has 0 heterocycles. The third-order valence-corrected chi connectivity index (χ3v) is 2.79. The van der Waals surface area contributed by atoms with Gasteiger partial charge in [0.25, 0.3) is 5.91 Å². The lowest BCUT2D eigenvalue weighted by Crippen LogP contribution is -2.25. The van der Waals surface area contributed by atoms with E-state index >= 15 is 0 Å². The highest BCUT2D eigenvalue weighted by atomic mass is 16.1. The fourth-order valence-corrected chi connectivity index (χ4v) is 1.72. The van der Waals surface area contributed by atoms with Crippen LogP contribution in [-0.4, -0.2) is 12.5 Å². The van der Waals surface area contributed by atoms with Crippen LogP contribution in [0.3, 0.4) is 0 Å². The van der Waals surface area contributed by atoms with Crippen LogP contribution in [0.25, 0.3) is 4.85 Å². The second-order valence-electron chi connectivity index (χ2n) is 5.85. The Labute approximate surface area is 121 Å². The summed E-state index contributed by atoms with van der Waals surface area (Å²) in [6, 6.07) is 9.27. The zero-order valence-corrected chi connectivity index (χ0v) is 12.3. The van der Waals surface area contributed by atoms with Crippen LogP contribution in [0.15, 0.2) is 24.3 Å². The van der Waals surface area contributed by atoms with E-state index in [0.29, 0.717) is 17.5 Å². The highest BCUT2D eigenvalue weighted by Crippen LogP contribution is 2.19. The zero-order chi connectivity index (χ0) is 15.0. The molecule has 1 aromatic carbocycles. The van der Waals surface area contributed by atoms with E-state index in [0.717, 1.165) is 18.4 Å². The van der Waals surface area contributed by atoms with Gasteiger partial charge >= 0.3 is 0 Å². The van der Waals surface area contributed by atoms with Gasteiger partial charge in [-0.3, -0.25) is 4.79 Å². The molecule has 1 N–H and O–H groups in total. The summed E-state index contributed by atoms with van der Waals surface area (Å²) >= 11 is 0. The average molecular weight is 268 g/mol. The van der Waals surface area contributed by atoms with Crippen molar-refractivity contribution in [1.29, 1.82) is 0 Å². The van der Waals surface area contributed by atoms with Crippen LogP contribution in [0.5, 0.6) is 0 Å². The Bertz CT molecular complexity index is 548. The SMILES string of the molecule is [C-]#[N+]C#Cc1ccc(C(=O)NCCCC(C)(C)C)cc1. The quantitative estimate of drug-likeness (QED) is 0.506. The summed E-state index contributed by atoms with van der Waals surface area (Å²) in [4.78, 5) is 14.9. The first-order valence-electron chi connectivity index (χ1n) is 6.68. The van der Waals surface area contributed by atoms with Gasteiger partial charge in [0, 0.05) is 17.7 Å². The van der Waals surface area contributed by atoms with Crippen molar-refractivity contribution in [3.63, 3.8) is 0 Å². The summed E-state index contributed by atoms with van der Waals surface area (Å²) in [6.07, 6.45) is 2.06. The van der Waals surface area contributed by atoms with Gasteiger partial charge in [0.2, 0.25) is 0 Å². The maximum atomic E-state index is 11.9. The van der Waals surface area contributed by atoms with Gasteiger partial charge in [-0.15, -0.1) is 0 Å². The molecule has 1 aromatic rings. The number of carbonyl (C=O) groups is 1. The smallest absolute Gasteiger partial charge is 0.251 e. The van der Waals surface area contributed by atoms with Gasteiger partial charge in [-0.25, -0.2) is 0 Å². The summed E-state index contributed by atoms with van der Waals surface area (Å²) in [5.41, 5.74) is 1.66. The molecule has 0 bridgehead atoms. The van der Waals surface area contributed by atoms with Gasteiger partial charge < -0.3 is 5.32 Å². The number of benzene rings is 1. The molecule has 3 heteroatoms. The Morgan fingerprint density at radius 1 is 1.30 bits per heavy atom. The van der Waals surface area contributed by atoms with Crippen molar-refractivity contribution in [3.8, 4) is 12.0 Å². The number of amides is 1. The Balaban J connectivity index is 2.46. The highest BCUT2D eigenvalue weighted by molar-refractivity contribution is 5.94. The molecule has 0 atom stereocenters. The van der Waals surface area contributed by atoms with E-state index in [-0.39, 0.29) is 5.91 Å². The van der Waals surface area contributed by atoms with Crippen LogP contribution in [0.1, 0.15) is 49.5 Å². The molecule has 0 unspecified atom stereocenters. The van der Waals surface area contributed by atoms with Crippen LogP contribution >= 0.6 is 0 Å². The van der Waals surface area contributed by atoms with Crippen LogP contribution in [0.4, 0.5) is 0 Å². The lowest BCUT2D eigenvalue weighted by Gasteiger charge is -2.17. The van der Waals surface area contributed by atoms with Gasteiger partial charge in [0.1, 0.15) is 12.6 Å². The molecular formula is C17H20N2O. The maximum Gasteiger partial charge on any atom is 0.251 e. The van der Waals surface area contributed by atoms with E-state index < -0.39 is 0 Å². The van der Waals surface area contributed by atoms with Crippen molar-refractivity contribution >= 4 is 5.91 Å². The largest absolute Gasteiger partial charge is 0.352 e. The number of rotatable bonds is 4. The van der Waals surface area contributed by atoms with E-state index in [2.05, 4.69) is 42.9 Å². The van der Waals surface area contributed by atoms with Crippen molar-refractivity contribution < 1.29 is 4.79 Å². The number of hydrogen-bond acceptors (Lipinski definition) is 1. The molecule has 0 saturated heterocycles. The summed E-state index contributed by atoms with van der Waals surface area (Å²) in [7, 11) is 0. The summed E-state index contributed by atoms with van der Waals surface area (Å²) in [5.74, 6) is 2.63. The average Bonchev–Trinajstić information content (AvgIpc) is 2.40. The molecule has 104 valence electrons. The standard InChI is InChI=1S/C17H20N2O/c1-17(2,3)11-5-12-19-16(20)15-8-6-14(7-9-15)10-13-18-4/h6-9H,5,11-12H2,1-3H3,(H,19,20). The molecule has 20 heavy (non-hydrogen) atoms. The van der Waals surface area contributed by atoms with Crippen molar-refractivity contribution in [2.75, 3.05) is 6.54 Å². The van der Waals surface area contributed by atoms with Crippen LogP contribution in [-0.2, 0) is 0 Å². The van der Waals surface area contributed by atoms with Crippen molar-refractivity contribution in [2.24, 2.45) is 5.41 Å². The third kappa shape index (κ3) is 6.07. The second kappa shape index (κ2) is 7.36. The molecule has 0 aliphatic heterocycles. The second-order valence-corrected chi connectivity index (χ2v) is 5.85. The molecular weight excluding hydrogens is 248 g/mol. The molecule has 0 aliphatic rings. The molecule has 0 radical (unpaired) electrons.